The molecular formula is C13H19NO. The summed E-state index contributed by atoms with van der Waals surface area (Å²) < 4.78 is 0. The van der Waals surface area contributed by atoms with Crippen LogP contribution in [0.3, 0.4) is 0 Å². The van der Waals surface area contributed by atoms with Gasteiger partial charge in [-0.25, -0.2) is 0 Å². The predicted molar refractivity (Wildman–Crippen MR) is 64.4 cm³/mol. The second-order valence-corrected chi connectivity index (χ2v) is 3.69. The van der Waals surface area contributed by atoms with E-state index in [0.717, 1.165) is 6.54 Å². The lowest BCUT2D eigenvalue weighted by molar-refractivity contribution is -0.117. The number of para-hydroxylation sites is 1. The Morgan fingerprint density at radius 3 is 2.47 bits per heavy atom. The van der Waals surface area contributed by atoms with E-state index in [-0.39, 0.29) is 0 Å². The largest absolute Gasteiger partial charge is 0.364 e. The smallest absolute Gasteiger partial charge is 0.151 e. The van der Waals surface area contributed by atoms with Gasteiger partial charge in [0.15, 0.2) is 5.78 Å². The highest BCUT2D eigenvalue weighted by Crippen LogP contribution is 2.18. The fourth-order valence-electron chi connectivity index (χ4n) is 1.61. The average Bonchev–Trinajstić information content (AvgIpc) is 2.26. The highest BCUT2D eigenvalue weighted by molar-refractivity contribution is 5.83. The van der Waals surface area contributed by atoms with Crippen molar-refractivity contribution in [3.8, 4) is 0 Å². The molecule has 0 heterocycles. The number of hydrogen-bond donors (Lipinski definition) is 0. The van der Waals surface area contributed by atoms with Crippen LogP contribution in [0.15, 0.2) is 24.3 Å². The second kappa shape index (κ2) is 5.54. The van der Waals surface area contributed by atoms with E-state index >= 15 is 0 Å². The molecule has 0 radical (unpaired) electrons. The Labute approximate surface area is 91.9 Å². The summed E-state index contributed by atoms with van der Waals surface area (Å²) in [5, 5.41) is 0. The van der Waals surface area contributed by atoms with Gasteiger partial charge in [-0.2, -0.15) is 0 Å². The molecule has 0 bridgehead atoms. The maximum absolute atomic E-state index is 11.4. The van der Waals surface area contributed by atoms with Crippen LogP contribution in [0.5, 0.6) is 0 Å². The first-order valence-electron chi connectivity index (χ1n) is 5.51. The van der Waals surface area contributed by atoms with Gasteiger partial charge in [-0.05, 0) is 25.5 Å². The number of nitrogens with zero attached hydrogens (tertiary/aromatic N) is 1. The standard InChI is InChI=1S/C13H19NO/c1-4-12(15)10-14(5-2)13-9-7-6-8-11(13)3/h6-9H,4-5,10H2,1-3H3. The van der Waals surface area contributed by atoms with Gasteiger partial charge in [0.25, 0.3) is 0 Å². The SMILES string of the molecule is CCC(=O)CN(CC)c1ccccc1C. The highest BCUT2D eigenvalue weighted by atomic mass is 16.1. The van der Waals surface area contributed by atoms with Crippen molar-refractivity contribution in [2.45, 2.75) is 27.2 Å². The van der Waals surface area contributed by atoms with Crippen molar-refractivity contribution in [2.75, 3.05) is 18.0 Å². The number of likely N-dealkylation sites (N-methyl/N-ethyl adjacent to an activating group) is 1. The van der Waals surface area contributed by atoms with E-state index in [1.165, 1.54) is 11.3 Å². The van der Waals surface area contributed by atoms with Gasteiger partial charge < -0.3 is 4.90 Å². The highest BCUT2D eigenvalue weighted by Gasteiger charge is 2.09. The number of Topliss-reactive ketones (excluding diaryl/α,β-unsaturated/α-hetero) is 1. The molecule has 0 spiro atoms. The molecule has 0 unspecified atom stereocenters. The molecule has 0 aliphatic heterocycles. The summed E-state index contributed by atoms with van der Waals surface area (Å²) in [6.45, 7) is 7.46. The van der Waals surface area contributed by atoms with E-state index in [1.54, 1.807) is 0 Å². The summed E-state index contributed by atoms with van der Waals surface area (Å²) in [6, 6.07) is 8.19. The lowest BCUT2D eigenvalue weighted by atomic mass is 10.1. The van der Waals surface area contributed by atoms with E-state index in [1.807, 2.05) is 19.1 Å². The average molecular weight is 205 g/mol. The maximum Gasteiger partial charge on any atom is 0.151 e. The minimum Gasteiger partial charge on any atom is -0.364 e. The second-order valence-electron chi connectivity index (χ2n) is 3.69. The Bertz CT molecular complexity index is 333. The zero-order chi connectivity index (χ0) is 11.3. The lowest BCUT2D eigenvalue weighted by Gasteiger charge is -2.23. The van der Waals surface area contributed by atoms with Crippen molar-refractivity contribution in [2.24, 2.45) is 0 Å². The minimum absolute atomic E-state index is 0.292. The van der Waals surface area contributed by atoms with Crippen LogP contribution in [0, 0.1) is 6.92 Å². The van der Waals surface area contributed by atoms with Crippen LogP contribution in [0.2, 0.25) is 0 Å². The van der Waals surface area contributed by atoms with Crippen LogP contribution >= 0.6 is 0 Å². The molecule has 82 valence electrons. The summed E-state index contributed by atoms with van der Waals surface area (Å²) in [5.41, 5.74) is 2.39. The third-order valence-electron chi connectivity index (χ3n) is 2.60. The molecule has 1 rings (SSSR count). The Hall–Kier alpha value is -1.31. The predicted octanol–water partition coefficient (Wildman–Crippen LogP) is 2.80. The molecule has 0 N–H and O–H groups in total. The molecule has 0 saturated carbocycles. The van der Waals surface area contributed by atoms with Crippen LogP contribution in [0.25, 0.3) is 0 Å². The summed E-state index contributed by atoms with van der Waals surface area (Å²) in [5.74, 6) is 0.292. The topological polar surface area (TPSA) is 20.3 Å². The number of aryl methyl sites for hydroxylation is 1. The van der Waals surface area contributed by atoms with Gasteiger partial charge in [-0.15, -0.1) is 0 Å². The minimum atomic E-state index is 0.292. The molecule has 0 fully saturated rings. The fraction of sp³-hybridized carbons (Fsp3) is 0.462. The van der Waals surface area contributed by atoms with Crippen molar-refractivity contribution >= 4 is 11.5 Å². The quantitative estimate of drug-likeness (QED) is 0.736. The van der Waals surface area contributed by atoms with Crippen molar-refractivity contribution in [3.05, 3.63) is 29.8 Å². The number of benzene rings is 1. The zero-order valence-electron chi connectivity index (χ0n) is 9.79. The summed E-state index contributed by atoms with van der Waals surface area (Å²) in [4.78, 5) is 13.6. The summed E-state index contributed by atoms with van der Waals surface area (Å²) >= 11 is 0. The van der Waals surface area contributed by atoms with E-state index < -0.39 is 0 Å². The molecule has 2 nitrogen and oxygen atoms in total. The first kappa shape index (κ1) is 11.8. The van der Waals surface area contributed by atoms with Gasteiger partial charge in [-0.1, -0.05) is 25.1 Å². The normalized spacial score (nSPS) is 10.1. The molecular weight excluding hydrogens is 186 g/mol. The van der Waals surface area contributed by atoms with Gasteiger partial charge in [0.2, 0.25) is 0 Å². The van der Waals surface area contributed by atoms with Crippen molar-refractivity contribution in [1.29, 1.82) is 0 Å². The molecule has 2 heteroatoms. The molecule has 0 atom stereocenters. The number of ketones is 1. The zero-order valence-corrected chi connectivity index (χ0v) is 9.79. The number of hydrogen-bond acceptors (Lipinski definition) is 2. The summed E-state index contributed by atoms with van der Waals surface area (Å²) in [6.07, 6.45) is 0.613. The first-order chi connectivity index (χ1) is 7.19. The van der Waals surface area contributed by atoms with Gasteiger partial charge >= 0.3 is 0 Å². The van der Waals surface area contributed by atoms with Crippen LogP contribution in [0.1, 0.15) is 25.8 Å². The van der Waals surface area contributed by atoms with Crippen molar-refractivity contribution in [3.63, 3.8) is 0 Å². The van der Waals surface area contributed by atoms with E-state index in [0.29, 0.717) is 18.7 Å². The van der Waals surface area contributed by atoms with Crippen LogP contribution in [-0.2, 0) is 4.79 Å². The van der Waals surface area contributed by atoms with Crippen LogP contribution in [-0.4, -0.2) is 18.9 Å². The lowest BCUT2D eigenvalue weighted by Crippen LogP contribution is -2.29. The number of rotatable bonds is 5. The maximum atomic E-state index is 11.4. The van der Waals surface area contributed by atoms with Gasteiger partial charge in [-0.3, -0.25) is 4.79 Å². The number of anilines is 1. The van der Waals surface area contributed by atoms with E-state index in [2.05, 4.69) is 30.9 Å². The molecule has 15 heavy (non-hydrogen) atoms. The van der Waals surface area contributed by atoms with E-state index in [4.69, 9.17) is 0 Å². The van der Waals surface area contributed by atoms with Crippen molar-refractivity contribution < 1.29 is 4.79 Å². The van der Waals surface area contributed by atoms with Gasteiger partial charge in [0.1, 0.15) is 0 Å². The summed E-state index contributed by atoms with van der Waals surface area (Å²) in [7, 11) is 0. The Morgan fingerprint density at radius 1 is 1.27 bits per heavy atom. The van der Waals surface area contributed by atoms with E-state index in [9.17, 15) is 4.79 Å². The third-order valence-corrected chi connectivity index (χ3v) is 2.60. The van der Waals surface area contributed by atoms with Crippen LogP contribution < -0.4 is 4.90 Å². The molecule has 1 aromatic carbocycles. The Balaban J connectivity index is 2.83. The number of carbonyl (C=O) groups excluding carboxylic acids is 1. The fourth-order valence-corrected chi connectivity index (χ4v) is 1.61. The molecule has 0 saturated heterocycles. The molecule has 1 aromatic rings. The third kappa shape index (κ3) is 3.08. The molecule has 0 aliphatic carbocycles. The number of carbonyl (C=O) groups is 1. The Morgan fingerprint density at radius 2 is 1.93 bits per heavy atom. The molecule has 0 aliphatic rings. The molecule has 0 amide bonds. The van der Waals surface area contributed by atoms with Crippen LogP contribution in [0.4, 0.5) is 5.69 Å². The first-order valence-corrected chi connectivity index (χ1v) is 5.51. The van der Waals surface area contributed by atoms with Gasteiger partial charge in [0, 0.05) is 18.7 Å². The molecule has 0 aromatic heterocycles. The Kier molecular flexibility index (Phi) is 4.35. The van der Waals surface area contributed by atoms with Gasteiger partial charge in [0.05, 0.1) is 6.54 Å². The monoisotopic (exact) mass is 205 g/mol. The van der Waals surface area contributed by atoms with Crippen molar-refractivity contribution in [1.82, 2.24) is 0 Å².